The van der Waals surface area contributed by atoms with Crippen molar-refractivity contribution in [3.63, 3.8) is 0 Å². The molecule has 0 amide bonds. The summed E-state index contributed by atoms with van der Waals surface area (Å²) in [4.78, 5) is 9.01. The Labute approximate surface area is 155 Å². The number of ether oxygens (including phenoxy) is 2. The molecule has 5 nitrogen and oxygen atoms in total. The standard InChI is InChI=1S/C21H27N3O2/c1-23(2)9-11-25-18-7-5-16-13-17-6-8-19(26-12-10-24(3)4)15-21(17)22-20(16)14-18/h5-8,13-15H,9-12H2,1-4H3. The molecule has 26 heavy (non-hydrogen) atoms. The summed E-state index contributed by atoms with van der Waals surface area (Å²) in [6.07, 6.45) is 0. The average Bonchev–Trinajstić information content (AvgIpc) is 2.59. The molecule has 1 aromatic heterocycles. The SMILES string of the molecule is CN(C)CCOc1ccc2cc3ccc(OCCN(C)C)cc3nc2c1. The van der Waals surface area contributed by atoms with Gasteiger partial charge < -0.3 is 19.3 Å². The van der Waals surface area contributed by atoms with Crippen LogP contribution in [0.1, 0.15) is 0 Å². The molecule has 0 spiro atoms. The van der Waals surface area contributed by atoms with Crippen LogP contribution in [0.2, 0.25) is 0 Å². The van der Waals surface area contributed by atoms with Crippen molar-refractivity contribution in [1.82, 2.24) is 14.8 Å². The Morgan fingerprint density at radius 2 is 1.15 bits per heavy atom. The van der Waals surface area contributed by atoms with Crippen molar-refractivity contribution in [2.45, 2.75) is 0 Å². The molecule has 0 aliphatic rings. The minimum Gasteiger partial charge on any atom is -0.492 e. The van der Waals surface area contributed by atoms with Gasteiger partial charge in [0.2, 0.25) is 0 Å². The van der Waals surface area contributed by atoms with Crippen molar-refractivity contribution in [2.75, 3.05) is 54.5 Å². The molecule has 0 saturated carbocycles. The van der Waals surface area contributed by atoms with E-state index in [1.54, 1.807) is 0 Å². The third kappa shape index (κ3) is 4.84. The number of likely N-dealkylation sites (N-methyl/N-ethyl adjacent to an activating group) is 2. The van der Waals surface area contributed by atoms with E-state index >= 15 is 0 Å². The lowest BCUT2D eigenvalue weighted by Crippen LogP contribution is -2.19. The van der Waals surface area contributed by atoms with E-state index in [0.29, 0.717) is 13.2 Å². The van der Waals surface area contributed by atoms with E-state index in [-0.39, 0.29) is 0 Å². The number of aromatic nitrogens is 1. The molecule has 0 aliphatic heterocycles. The fraction of sp³-hybridized carbons (Fsp3) is 0.381. The molecule has 3 aromatic rings. The first kappa shape index (κ1) is 18.4. The minimum atomic E-state index is 0.663. The van der Waals surface area contributed by atoms with Crippen LogP contribution >= 0.6 is 0 Å². The highest BCUT2D eigenvalue weighted by molar-refractivity contribution is 5.93. The molecule has 0 atom stereocenters. The van der Waals surface area contributed by atoms with Gasteiger partial charge in [0.1, 0.15) is 24.7 Å². The molecule has 0 bridgehead atoms. The zero-order chi connectivity index (χ0) is 18.5. The van der Waals surface area contributed by atoms with E-state index in [2.05, 4.69) is 28.0 Å². The second kappa shape index (κ2) is 8.34. The van der Waals surface area contributed by atoms with E-state index in [0.717, 1.165) is 46.4 Å². The first-order valence-electron chi connectivity index (χ1n) is 8.91. The number of fused-ring (bicyclic) bond motifs is 2. The summed E-state index contributed by atoms with van der Waals surface area (Å²) in [5, 5.41) is 2.22. The topological polar surface area (TPSA) is 37.8 Å². The first-order chi connectivity index (χ1) is 12.5. The predicted octanol–water partition coefficient (Wildman–Crippen LogP) is 3.27. The second-order valence-corrected chi connectivity index (χ2v) is 7.00. The summed E-state index contributed by atoms with van der Waals surface area (Å²) in [6, 6.07) is 14.3. The Kier molecular flexibility index (Phi) is 5.91. The van der Waals surface area contributed by atoms with Crippen molar-refractivity contribution in [3.05, 3.63) is 42.5 Å². The summed E-state index contributed by atoms with van der Waals surface area (Å²) < 4.78 is 11.7. The van der Waals surface area contributed by atoms with Crippen LogP contribution in [0, 0.1) is 0 Å². The lowest BCUT2D eigenvalue weighted by molar-refractivity contribution is 0.261. The van der Waals surface area contributed by atoms with Crippen LogP contribution in [0.25, 0.3) is 21.8 Å². The van der Waals surface area contributed by atoms with Crippen LogP contribution in [-0.4, -0.2) is 69.3 Å². The van der Waals surface area contributed by atoms with E-state index in [1.165, 1.54) is 0 Å². The maximum atomic E-state index is 5.83. The molecule has 0 radical (unpaired) electrons. The fourth-order valence-electron chi connectivity index (χ4n) is 2.65. The Balaban J connectivity index is 1.80. The molecule has 3 rings (SSSR count). The third-order valence-electron chi connectivity index (χ3n) is 4.17. The van der Waals surface area contributed by atoms with Gasteiger partial charge in [-0.1, -0.05) is 0 Å². The number of rotatable bonds is 8. The van der Waals surface area contributed by atoms with Gasteiger partial charge in [-0.2, -0.15) is 0 Å². The van der Waals surface area contributed by atoms with Crippen molar-refractivity contribution in [2.24, 2.45) is 0 Å². The van der Waals surface area contributed by atoms with E-state index in [9.17, 15) is 0 Å². The second-order valence-electron chi connectivity index (χ2n) is 7.00. The van der Waals surface area contributed by atoms with E-state index in [1.807, 2.05) is 52.5 Å². The smallest absolute Gasteiger partial charge is 0.121 e. The summed E-state index contributed by atoms with van der Waals surface area (Å²) in [5.74, 6) is 1.70. The van der Waals surface area contributed by atoms with Gasteiger partial charge in [-0.3, -0.25) is 0 Å². The van der Waals surface area contributed by atoms with Gasteiger partial charge in [0.05, 0.1) is 11.0 Å². The molecule has 2 aromatic carbocycles. The zero-order valence-electron chi connectivity index (χ0n) is 16.0. The van der Waals surface area contributed by atoms with Crippen molar-refractivity contribution in [1.29, 1.82) is 0 Å². The first-order valence-corrected chi connectivity index (χ1v) is 8.91. The monoisotopic (exact) mass is 353 g/mol. The van der Waals surface area contributed by atoms with Gasteiger partial charge in [-0.05, 0) is 58.5 Å². The van der Waals surface area contributed by atoms with E-state index in [4.69, 9.17) is 14.5 Å². The molecule has 5 heteroatoms. The van der Waals surface area contributed by atoms with Gasteiger partial charge in [-0.15, -0.1) is 0 Å². The quantitative estimate of drug-likeness (QED) is 0.581. The van der Waals surface area contributed by atoms with Crippen LogP contribution in [0.15, 0.2) is 42.5 Å². The van der Waals surface area contributed by atoms with Crippen molar-refractivity contribution >= 4 is 21.8 Å². The average molecular weight is 353 g/mol. The molecule has 138 valence electrons. The molecule has 0 aliphatic carbocycles. The predicted molar refractivity (Wildman–Crippen MR) is 107 cm³/mol. The molecule has 1 heterocycles. The fourth-order valence-corrected chi connectivity index (χ4v) is 2.65. The number of benzene rings is 2. The summed E-state index contributed by atoms with van der Waals surface area (Å²) in [6.45, 7) is 3.10. The molecular weight excluding hydrogens is 326 g/mol. The summed E-state index contributed by atoms with van der Waals surface area (Å²) in [5.41, 5.74) is 1.87. The number of hydrogen-bond donors (Lipinski definition) is 0. The van der Waals surface area contributed by atoms with Gasteiger partial charge in [0, 0.05) is 36.0 Å². The third-order valence-corrected chi connectivity index (χ3v) is 4.17. The molecule has 0 fully saturated rings. The summed E-state index contributed by atoms with van der Waals surface area (Å²) >= 11 is 0. The Bertz CT molecular complexity index is 809. The summed E-state index contributed by atoms with van der Waals surface area (Å²) in [7, 11) is 8.15. The minimum absolute atomic E-state index is 0.663. The zero-order valence-corrected chi connectivity index (χ0v) is 16.0. The highest BCUT2D eigenvalue weighted by Crippen LogP contribution is 2.26. The highest BCUT2D eigenvalue weighted by Gasteiger charge is 2.05. The van der Waals surface area contributed by atoms with Crippen molar-refractivity contribution < 1.29 is 9.47 Å². The van der Waals surface area contributed by atoms with Gasteiger partial charge in [0.25, 0.3) is 0 Å². The molecule has 0 N–H and O–H groups in total. The number of pyridine rings is 1. The maximum Gasteiger partial charge on any atom is 0.121 e. The van der Waals surface area contributed by atoms with Crippen LogP contribution in [-0.2, 0) is 0 Å². The lowest BCUT2D eigenvalue weighted by atomic mass is 10.1. The normalized spacial score (nSPS) is 11.6. The Hall–Kier alpha value is -2.37. The van der Waals surface area contributed by atoms with Crippen molar-refractivity contribution in [3.8, 4) is 11.5 Å². The molecular formula is C21H27N3O2. The highest BCUT2D eigenvalue weighted by atomic mass is 16.5. The Morgan fingerprint density at radius 3 is 1.58 bits per heavy atom. The number of nitrogens with zero attached hydrogens (tertiary/aromatic N) is 3. The van der Waals surface area contributed by atoms with E-state index < -0.39 is 0 Å². The van der Waals surface area contributed by atoms with Gasteiger partial charge >= 0.3 is 0 Å². The van der Waals surface area contributed by atoms with Crippen LogP contribution in [0.3, 0.4) is 0 Å². The van der Waals surface area contributed by atoms with Crippen LogP contribution in [0.5, 0.6) is 11.5 Å². The number of hydrogen-bond acceptors (Lipinski definition) is 5. The molecule has 0 unspecified atom stereocenters. The largest absolute Gasteiger partial charge is 0.492 e. The van der Waals surface area contributed by atoms with Crippen LogP contribution in [0.4, 0.5) is 0 Å². The maximum absolute atomic E-state index is 5.83. The van der Waals surface area contributed by atoms with Crippen LogP contribution < -0.4 is 9.47 Å². The van der Waals surface area contributed by atoms with Gasteiger partial charge in [-0.25, -0.2) is 4.98 Å². The lowest BCUT2D eigenvalue weighted by Gasteiger charge is -2.12. The molecule has 0 saturated heterocycles. The Morgan fingerprint density at radius 1 is 0.692 bits per heavy atom. The van der Waals surface area contributed by atoms with Gasteiger partial charge in [0.15, 0.2) is 0 Å².